The number of fused-ring (bicyclic) bond motifs is 1. The lowest BCUT2D eigenvalue weighted by atomic mass is 10.2. The number of aromatic nitrogens is 4. The molecule has 3 heterocycles. The van der Waals surface area contributed by atoms with Crippen LogP contribution >= 0.6 is 0 Å². The first-order valence-corrected chi connectivity index (χ1v) is 6.52. The standard InChI is InChI=1S/C14H14N6O/c1-8-4-10(17-6-8)12-9(5-16)11-13(20(12)3-2-15)14(21)19-7-18-11/h4,6-7,17H,2-3,15H2,1H3,(H,18,19,21). The number of hydrogen-bond acceptors (Lipinski definition) is 4. The van der Waals surface area contributed by atoms with Crippen LogP contribution in [0.25, 0.3) is 22.4 Å². The molecule has 21 heavy (non-hydrogen) atoms. The third kappa shape index (κ3) is 1.93. The molecule has 0 aromatic carbocycles. The quantitative estimate of drug-likeness (QED) is 0.660. The van der Waals surface area contributed by atoms with E-state index in [1.807, 2.05) is 19.2 Å². The van der Waals surface area contributed by atoms with Gasteiger partial charge in [0, 0.05) is 19.3 Å². The van der Waals surface area contributed by atoms with E-state index in [2.05, 4.69) is 21.0 Å². The number of aromatic amines is 2. The number of H-pyrrole nitrogens is 2. The molecule has 0 spiro atoms. The predicted octanol–water partition coefficient (Wildman–Crippen LogP) is 0.858. The highest BCUT2D eigenvalue weighted by atomic mass is 16.1. The lowest BCUT2D eigenvalue weighted by molar-refractivity contribution is 0.736. The second kappa shape index (κ2) is 4.92. The summed E-state index contributed by atoms with van der Waals surface area (Å²) >= 11 is 0. The van der Waals surface area contributed by atoms with Crippen molar-refractivity contribution in [1.82, 2.24) is 19.5 Å². The van der Waals surface area contributed by atoms with Gasteiger partial charge < -0.3 is 20.3 Å². The Balaban J connectivity index is 2.47. The van der Waals surface area contributed by atoms with Crippen molar-refractivity contribution in [2.24, 2.45) is 5.73 Å². The zero-order valence-electron chi connectivity index (χ0n) is 11.5. The Morgan fingerprint density at radius 3 is 2.90 bits per heavy atom. The summed E-state index contributed by atoms with van der Waals surface area (Å²) in [5.74, 6) is 0. The van der Waals surface area contributed by atoms with E-state index in [0.29, 0.717) is 35.4 Å². The number of nitrogens with two attached hydrogens (primary N) is 1. The molecule has 106 valence electrons. The minimum atomic E-state index is -0.278. The van der Waals surface area contributed by atoms with E-state index >= 15 is 0 Å². The number of nitriles is 1. The fourth-order valence-electron chi connectivity index (χ4n) is 2.56. The molecule has 0 saturated heterocycles. The second-order valence-corrected chi connectivity index (χ2v) is 4.80. The van der Waals surface area contributed by atoms with Crippen LogP contribution in [0.2, 0.25) is 0 Å². The first-order valence-electron chi connectivity index (χ1n) is 6.52. The zero-order valence-corrected chi connectivity index (χ0v) is 11.5. The van der Waals surface area contributed by atoms with Gasteiger partial charge in [-0.05, 0) is 18.6 Å². The number of aryl methyl sites for hydroxylation is 1. The maximum absolute atomic E-state index is 12.1. The van der Waals surface area contributed by atoms with Crippen LogP contribution in [0.3, 0.4) is 0 Å². The van der Waals surface area contributed by atoms with Gasteiger partial charge in [-0.2, -0.15) is 5.26 Å². The largest absolute Gasteiger partial charge is 0.360 e. The maximum atomic E-state index is 12.1. The van der Waals surface area contributed by atoms with Gasteiger partial charge in [0.2, 0.25) is 0 Å². The van der Waals surface area contributed by atoms with Crippen molar-refractivity contribution < 1.29 is 0 Å². The average molecular weight is 282 g/mol. The summed E-state index contributed by atoms with van der Waals surface area (Å²) < 4.78 is 1.75. The molecule has 0 bridgehead atoms. The van der Waals surface area contributed by atoms with Crippen LogP contribution in [-0.4, -0.2) is 26.1 Å². The van der Waals surface area contributed by atoms with E-state index in [1.54, 1.807) is 4.57 Å². The molecule has 3 rings (SSSR count). The minimum absolute atomic E-state index is 0.278. The maximum Gasteiger partial charge on any atom is 0.275 e. The first-order chi connectivity index (χ1) is 10.2. The summed E-state index contributed by atoms with van der Waals surface area (Å²) in [6, 6.07) is 4.08. The summed E-state index contributed by atoms with van der Waals surface area (Å²) in [4.78, 5) is 21.9. The molecule has 3 aromatic rings. The van der Waals surface area contributed by atoms with Crippen molar-refractivity contribution in [2.45, 2.75) is 13.5 Å². The highest BCUT2D eigenvalue weighted by molar-refractivity contribution is 5.90. The second-order valence-electron chi connectivity index (χ2n) is 4.80. The summed E-state index contributed by atoms with van der Waals surface area (Å²) in [7, 11) is 0. The van der Waals surface area contributed by atoms with E-state index in [9.17, 15) is 10.1 Å². The molecule has 3 aromatic heterocycles. The van der Waals surface area contributed by atoms with Crippen LogP contribution in [0, 0.1) is 18.3 Å². The van der Waals surface area contributed by atoms with Crippen LogP contribution in [0.15, 0.2) is 23.4 Å². The summed E-state index contributed by atoms with van der Waals surface area (Å²) in [5.41, 5.74) is 9.00. The summed E-state index contributed by atoms with van der Waals surface area (Å²) in [5, 5.41) is 9.50. The molecule has 0 aliphatic heterocycles. The van der Waals surface area contributed by atoms with Crippen molar-refractivity contribution in [2.75, 3.05) is 6.54 Å². The number of nitrogens with zero attached hydrogens (tertiary/aromatic N) is 3. The normalized spacial score (nSPS) is 10.9. The van der Waals surface area contributed by atoms with Crippen molar-refractivity contribution in [1.29, 1.82) is 5.26 Å². The molecule has 7 nitrogen and oxygen atoms in total. The fourth-order valence-corrected chi connectivity index (χ4v) is 2.56. The monoisotopic (exact) mass is 282 g/mol. The van der Waals surface area contributed by atoms with E-state index in [-0.39, 0.29) is 5.56 Å². The van der Waals surface area contributed by atoms with E-state index in [4.69, 9.17) is 5.73 Å². The smallest absolute Gasteiger partial charge is 0.275 e. The molecular formula is C14H14N6O. The Bertz CT molecular complexity index is 908. The van der Waals surface area contributed by atoms with Gasteiger partial charge in [-0.3, -0.25) is 4.79 Å². The molecule has 0 aliphatic rings. The van der Waals surface area contributed by atoms with E-state index < -0.39 is 0 Å². The van der Waals surface area contributed by atoms with E-state index in [0.717, 1.165) is 11.3 Å². The van der Waals surface area contributed by atoms with Gasteiger partial charge in [0.05, 0.1) is 17.7 Å². The Morgan fingerprint density at radius 1 is 1.48 bits per heavy atom. The molecular weight excluding hydrogens is 268 g/mol. The SMILES string of the molecule is Cc1c[nH]c(-c2c(C#N)c3nc[nH]c(=O)c3n2CCN)c1. The van der Waals surface area contributed by atoms with Gasteiger partial charge in [-0.25, -0.2) is 4.98 Å². The molecule has 0 aliphatic carbocycles. The van der Waals surface area contributed by atoms with Gasteiger partial charge in [0.1, 0.15) is 22.7 Å². The molecule has 0 atom stereocenters. The highest BCUT2D eigenvalue weighted by Gasteiger charge is 2.22. The van der Waals surface area contributed by atoms with Crippen molar-refractivity contribution in [3.8, 4) is 17.5 Å². The van der Waals surface area contributed by atoms with Gasteiger partial charge in [0.25, 0.3) is 5.56 Å². The molecule has 4 N–H and O–H groups in total. The van der Waals surface area contributed by atoms with Crippen LogP contribution in [0.1, 0.15) is 11.1 Å². The highest BCUT2D eigenvalue weighted by Crippen LogP contribution is 2.30. The Morgan fingerprint density at radius 2 is 2.29 bits per heavy atom. The minimum Gasteiger partial charge on any atom is -0.360 e. The van der Waals surface area contributed by atoms with Gasteiger partial charge in [-0.15, -0.1) is 0 Å². The molecule has 0 unspecified atom stereocenters. The molecule has 7 heteroatoms. The summed E-state index contributed by atoms with van der Waals surface area (Å²) in [6.07, 6.45) is 3.15. The van der Waals surface area contributed by atoms with Gasteiger partial charge in [-0.1, -0.05) is 0 Å². The Hall–Kier alpha value is -2.85. The van der Waals surface area contributed by atoms with Gasteiger partial charge >= 0.3 is 0 Å². The van der Waals surface area contributed by atoms with Crippen LogP contribution in [-0.2, 0) is 6.54 Å². The molecule has 0 saturated carbocycles. The zero-order chi connectivity index (χ0) is 15.0. The summed E-state index contributed by atoms with van der Waals surface area (Å²) in [6.45, 7) is 2.74. The lowest BCUT2D eigenvalue weighted by Crippen LogP contribution is -2.16. The molecule has 0 radical (unpaired) electrons. The van der Waals surface area contributed by atoms with Crippen molar-refractivity contribution >= 4 is 11.0 Å². The average Bonchev–Trinajstić information content (AvgIpc) is 3.01. The third-order valence-electron chi connectivity index (χ3n) is 3.39. The van der Waals surface area contributed by atoms with Crippen molar-refractivity contribution in [3.05, 3.63) is 40.1 Å². The number of nitrogens with one attached hydrogen (secondary N) is 2. The Labute approximate surface area is 120 Å². The van der Waals surface area contributed by atoms with E-state index in [1.165, 1.54) is 6.33 Å². The number of rotatable bonds is 3. The Kier molecular flexibility index (Phi) is 3.08. The molecule has 0 fully saturated rings. The third-order valence-corrected chi connectivity index (χ3v) is 3.39. The number of hydrogen-bond donors (Lipinski definition) is 3. The van der Waals surface area contributed by atoms with Crippen LogP contribution < -0.4 is 11.3 Å². The van der Waals surface area contributed by atoms with Gasteiger partial charge in [0.15, 0.2) is 0 Å². The van der Waals surface area contributed by atoms with Crippen LogP contribution in [0.4, 0.5) is 0 Å². The predicted molar refractivity (Wildman–Crippen MR) is 78.6 cm³/mol. The fraction of sp³-hybridized carbons (Fsp3) is 0.214. The first kappa shape index (κ1) is 13.1. The molecule has 0 amide bonds. The topological polar surface area (TPSA) is 116 Å². The van der Waals surface area contributed by atoms with Crippen molar-refractivity contribution in [3.63, 3.8) is 0 Å². The lowest BCUT2D eigenvalue weighted by Gasteiger charge is -2.07. The van der Waals surface area contributed by atoms with Crippen LogP contribution in [0.5, 0.6) is 0 Å².